The summed E-state index contributed by atoms with van der Waals surface area (Å²) in [4.78, 5) is 32.8. The Balaban J connectivity index is 1.49. The van der Waals surface area contributed by atoms with Crippen LogP contribution in [0.4, 0.5) is 0 Å². The Morgan fingerprint density at radius 1 is 1.05 bits per heavy atom. The minimum Gasteiger partial charge on any atom is -0.506 e. The molecule has 38 heavy (non-hydrogen) atoms. The van der Waals surface area contributed by atoms with Crippen molar-refractivity contribution >= 4 is 44.9 Å². The SMILES string of the molecule is C/C(=C/Cc1cccc2c(C(=O)c3sc(C(=O)O)c(-c4c(C5CC5)[nH]c5ccccc45)c3O)c[nH]c12)CO. The fourth-order valence-corrected chi connectivity index (χ4v) is 6.11. The average molecular weight is 527 g/mol. The van der Waals surface area contributed by atoms with E-state index in [1.54, 1.807) is 6.20 Å². The van der Waals surface area contributed by atoms with Gasteiger partial charge in [0.2, 0.25) is 5.78 Å². The first kappa shape index (κ1) is 24.2. The number of para-hydroxylation sites is 2. The molecule has 5 N–H and O–H groups in total. The lowest BCUT2D eigenvalue weighted by atomic mass is 9.97. The zero-order chi connectivity index (χ0) is 26.6. The second-order valence-electron chi connectivity index (χ2n) is 9.81. The second kappa shape index (κ2) is 9.31. The lowest BCUT2D eigenvalue weighted by Gasteiger charge is -2.06. The van der Waals surface area contributed by atoms with Gasteiger partial charge < -0.3 is 25.3 Å². The number of aromatic nitrogens is 2. The standard InChI is InChI=1S/C30H26N2O5S/c1-15(14-33)9-10-16-5-4-7-18-20(13-31-24(16)18)26(34)29-27(35)23(28(38-29)30(36)37)22-19-6-2-3-8-21(19)32-25(22)17-11-12-17/h2-9,13,17,31-33,35H,10-12,14H2,1H3,(H,36,37)/b15-9-. The van der Waals surface area contributed by atoms with E-state index in [1.165, 1.54) is 0 Å². The quantitative estimate of drug-likeness (QED) is 0.119. The zero-order valence-corrected chi connectivity index (χ0v) is 21.5. The van der Waals surface area contributed by atoms with Crippen molar-refractivity contribution < 1.29 is 24.9 Å². The maximum atomic E-state index is 13.8. The highest BCUT2D eigenvalue weighted by atomic mass is 32.1. The van der Waals surface area contributed by atoms with Gasteiger partial charge in [0.25, 0.3) is 0 Å². The Morgan fingerprint density at radius 3 is 2.55 bits per heavy atom. The van der Waals surface area contributed by atoms with Gasteiger partial charge in [0.05, 0.1) is 12.2 Å². The highest BCUT2D eigenvalue weighted by Crippen LogP contribution is 2.52. The fraction of sp³-hybridized carbons (Fsp3) is 0.200. The number of nitrogens with one attached hydrogen (secondary N) is 2. The van der Waals surface area contributed by atoms with Gasteiger partial charge in [0.15, 0.2) is 0 Å². The molecule has 6 rings (SSSR count). The molecule has 0 atom stereocenters. The summed E-state index contributed by atoms with van der Waals surface area (Å²) in [5.74, 6) is -1.64. The van der Waals surface area contributed by atoms with Crippen molar-refractivity contribution in [3.8, 4) is 16.9 Å². The van der Waals surface area contributed by atoms with Crippen LogP contribution in [0.2, 0.25) is 0 Å². The third-order valence-corrected chi connectivity index (χ3v) is 8.39. The molecule has 0 spiro atoms. The maximum absolute atomic E-state index is 13.8. The van der Waals surface area contributed by atoms with E-state index in [2.05, 4.69) is 9.97 Å². The van der Waals surface area contributed by atoms with Crippen LogP contribution in [-0.2, 0) is 6.42 Å². The molecular formula is C30H26N2O5S. The number of carbonyl (C=O) groups excluding carboxylic acids is 1. The summed E-state index contributed by atoms with van der Waals surface area (Å²) in [6, 6.07) is 13.3. The van der Waals surface area contributed by atoms with Gasteiger partial charge in [0.1, 0.15) is 15.5 Å². The number of carboxylic acid groups (broad SMARTS) is 1. The predicted octanol–water partition coefficient (Wildman–Crippen LogP) is 6.37. The van der Waals surface area contributed by atoms with E-state index in [-0.39, 0.29) is 33.6 Å². The Hall–Kier alpha value is -4.14. The summed E-state index contributed by atoms with van der Waals surface area (Å²) in [5.41, 5.74) is 5.62. The van der Waals surface area contributed by atoms with Crippen LogP contribution >= 0.6 is 11.3 Å². The Kier molecular flexibility index (Phi) is 5.93. The minimum atomic E-state index is -1.18. The van der Waals surface area contributed by atoms with Crippen LogP contribution in [0.3, 0.4) is 0 Å². The van der Waals surface area contributed by atoms with Crippen molar-refractivity contribution in [2.24, 2.45) is 0 Å². The van der Waals surface area contributed by atoms with Gasteiger partial charge in [-0.2, -0.15) is 0 Å². The number of aromatic carboxylic acids is 1. The van der Waals surface area contributed by atoms with Gasteiger partial charge in [-0.05, 0) is 43.7 Å². The number of benzene rings is 2. The first-order valence-corrected chi connectivity index (χ1v) is 13.3. The van der Waals surface area contributed by atoms with Crippen molar-refractivity contribution in [2.75, 3.05) is 6.61 Å². The molecule has 0 amide bonds. The van der Waals surface area contributed by atoms with Crippen molar-refractivity contribution in [2.45, 2.75) is 32.1 Å². The van der Waals surface area contributed by atoms with Crippen LogP contribution in [0.15, 0.2) is 60.3 Å². The number of carbonyl (C=O) groups is 2. The Bertz CT molecular complexity index is 1770. The van der Waals surface area contributed by atoms with Crippen LogP contribution in [0.25, 0.3) is 32.9 Å². The van der Waals surface area contributed by atoms with Gasteiger partial charge in [0, 0.05) is 44.8 Å². The molecule has 7 nitrogen and oxygen atoms in total. The summed E-state index contributed by atoms with van der Waals surface area (Å²) in [5, 5.41) is 32.4. The summed E-state index contributed by atoms with van der Waals surface area (Å²) in [6.45, 7) is 1.83. The van der Waals surface area contributed by atoms with Gasteiger partial charge in [-0.1, -0.05) is 48.0 Å². The van der Waals surface area contributed by atoms with E-state index >= 15 is 0 Å². The number of aliphatic hydroxyl groups is 1. The molecule has 5 aromatic rings. The van der Waals surface area contributed by atoms with Crippen LogP contribution in [0, 0.1) is 0 Å². The molecule has 0 bridgehead atoms. The van der Waals surface area contributed by atoms with Crippen LogP contribution in [0.5, 0.6) is 5.75 Å². The summed E-state index contributed by atoms with van der Waals surface area (Å²) < 4.78 is 0. The van der Waals surface area contributed by atoms with E-state index in [9.17, 15) is 24.9 Å². The maximum Gasteiger partial charge on any atom is 0.346 e. The highest BCUT2D eigenvalue weighted by molar-refractivity contribution is 7.17. The van der Waals surface area contributed by atoms with Crippen molar-refractivity contribution in [3.05, 3.63) is 86.9 Å². The number of fused-ring (bicyclic) bond motifs is 2. The topological polar surface area (TPSA) is 126 Å². The van der Waals surface area contributed by atoms with Crippen molar-refractivity contribution in [3.63, 3.8) is 0 Å². The third-order valence-electron chi connectivity index (χ3n) is 7.22. The minimum absolute atomic E-state index is 0.00625. The molecule has 1 aliphatic rings. The molecule has 1 fully saturated rings. The summed E-state index contributed by atoms with van der Waals surface area (Å²) in [6.07, 6.45) is 6.11. The van der Waals surface area contributed by atoms with E-state index in [1.807, 2.05) is 55.5 Å². The number of hydrogen-bond acceptors (Lipinski definition) is 5. The van der Waals surface area contributed by atoms with Crippen LogP contribution < -0.4 is 0 Å². The molecule has 8 heteroatoms. The number of aliphatic hydroxyl groups excluding tert-OH is 1. The monoisotopic (exact) mass is 526 g/mol. The number of thiophene rings is 1. The molecule has 0 aliphatic heterocycles. The first-order valence-electron chi connectivity index (χ1n) is 12.5. The number of aromatic hydroxyl groups is 1. The van der Waals surface area contributed by atoms with Gasteiger partial charge in [-0.3, -0.25) is 4.79 Å². The first-order chi connectivity index (χ1) is 18.4. The van der Waals surface area contributed by atoms with Crippen LogP contribution in [-0.4, -0.2) is 43.6 Å². The number of rotatable bonds is 8. The molecule has 0 radical (unpaired) electrons. The Labute approximate surface area is 222 Å². The fourth-order valence-electron chi connectivity index (χ4n) is 5.12. The van der Waals surface area contributed by atoms with E-state index < -0.39 is 11.8 Å². The molecule has 192 valence electrons. The second-order valence-corrected chi connectivity index (χ2v) is 10.8. The predicted molar refractivity (Wildman–Crippen MR) is 148 cm³/mol. The van der Waals surface area contributed by atoms with Gasteiger partial charge in [-0.15, -0.1) is 11.3 Å². The van der Waals surface area contributed by atoms with E-state index in [0.717, 1.165) is 57.4 Å². The normalized spacial score (nSPS) is 14.0. The lowest BCUT2D eigenvalue weighted by Crippen LogP contribution is -1.98. The van der Waals surface area contributed by atoms with Crippen molar-refractivity contribution in [1.82, 2.24) is 9.97 Å². The number of aromatic amines is 2. The molecule has 1 aliphatic carbocycles. The number of hydrogen-bond donors (Lipinski definition) is 5. The van der Waals surface area contributed by atoms with E-state index in [0.29, 0.717) is 22.9 Å². The number of carboxylic acids is 1. The van der Waals surface area contributed by atoms with Gasteiger partial charge in [-0.25, -0.2) is 4.79 Å². The third kappa shape index (κ3) is 3.93. The summed E-state index contributed by atoms with van der Waals surface area (Å²) >= 11 is 0.814. The van der Waals surface area contributed by atoms with E-state index in [4.69, 9.17) is 0 Å². The number of ketones is 1. The van der Waals surface area contributed by atoms with Crippen LogP contribution in [0.1, 0.15) is 61.8 Å². The highest BCUT2D eigenvalue weighted by Gasteiger charge is 2.35. The number of H-pyrrole nitrogens is 2. The molecule has 1 saturated carbocycles. The Morgan fingerprint density at radius 2 is 1.82 bits per heavy atom. The zero-order valence-electron chi connectivity index (χ0n) is 20.7. The smallest absolute Gasteiger partial charge is 0.346 e. The number of allylic oxidation sites excluding steroid dienone is 1. The molecule has 0 unspecified atom stereocenters. The molecular weight excluding hydrogens is 500 g/mol. The molecule has 2 aromatic carbocycles. The van der Waals surface area contributed by atoms with Crippen molar-refractivity contribution in [1.29, 1.82) is 0 Å². The average Bonchev–Trinajstić information content (AvgIpc) is 3.42. The molecule has 3 aromatic heterocycles. The molecule has 3 heterocycles. The summed E-state index contributed by atoms with van der Waals surface area (Å²) in [7, 11) is 0. The molecule has 0 saturated heterocycles. The largest absolute Gasteiger partial charge is 0.506 e. The lowest BCUT2D eigenvalue weighted by molar-refractivity contribution is 0.0702. The van der Waals surface area contributed by atoms with Gasteiger partial charge >= 0.3 is 5.97 Å².